The van der Waals surface area contributed by atoms with E-state index in [-0.39, 0.29) is 5.75 Å². The van der Waals surface area contributed by atoms with Gasteiger partial charge in [0, 0.05) is 0 Å². The van der Waals surface area contributed by atoms with Crippen molar-refractivity contribution in [1.29, 1.82) is 0 Å². The van der Waals surface area contributed by atoms with Crippen LogP contribution in [0.5, 0.6) is 28.7 Å². The van der Waals surface area contributed by atoms with Crippen LogP contribution in [0.4, 0.5) is 0 Å². The van der Waals surface area contributed by atoms with Crippen LogP contribution < -0.4 is 18.9 Å². The van der Waals surface area contributed by atoms with Gasteiger partial charge in [0.2, 0.25) is 5.75 Å². The Morgan fingerprint density at radius 3 is 1.96 bits per heavy atom. The highest BCUT2D eigenvalue weighted by molar-refractivity contribution is 5.56. The van der Waals surface area contributed by atoms with Crippen LogP contribution in [0, 0.1) is 0 Å². The molecular formula is C18H22O5. The maximum Gasteiger partial charge on any atom is 0.203 e. The van der Waals surface area contributed by atoms with E-state index in [0.717, 1.165) is 24.0 Å². The Hall–Kier alpha value is -2.56. The molecule has 0 atom stereocenters. The maximum absolute atomic E-state index is 9.85. The largest absolute Gasteiger partial charge is 0.504 e. The summed E-state index contributed by atoms with van der Waals surface area (Å²) >= 11 is 0. The number of rotatable bonds is 7. The first-order valence-corrected chi connectivity index (χ1v) is 7.28. The minimum absolute atomic E-state index is 0.143. The number of aromatic hydroxyl groups is 1. The van der Waals surface area contributed by atoms with Crippen LogP contribution >= 0.6 is 0 Å². The molecular weight excluding hydrogens is 296 g/mol. The van der Waals surface area contributed by atoms with Crippen LogP contribution in [0.3, 0.4) is 0 Å². The van der Waals surface area contributed by atoms with Gasteiger partial charge in [0.25, 0.3) is 0 Å². The molecule has 0 saturated heterocycles. The standard InChI is InChI=1S/C18H22O5/c1-20-15-9-6-12(11-14(15)19)5-7-13-8-10-16(21-2)18(23-4)17(13)22-3/h6,8-11,19H,5,7H2,1-4H3. The third kappa shape index (κ3) is 3.62. The molecule has 124 valence electrons. The number of hydrogen-bond donors (Lipinski definition) is 1. The maximum atomic E-state index is 9.85. The van der Waals surface area contributed by atoms with Gasteiger partial charge in [-0.15, -0.1) is 0 Å². The molecule has 2 aromatic rings. The Kier molecular flexibility index (Phi) is 5.57. The smallest absolute Gasteiger partial charge is 0.203 e. The van der Waals surface area contributed by atoms with Crippen molar-refractivity contribution in [1.82, 2.24) is 0 Å². The summed E-state index contributed by atoms with van der Waals surface area (Å²) in [6.07, 6.45) is 1.50. The Labute approximate surface area is 136 Å². The summed E-state index contributed by atoms with van der Waals surface area (Å²) in [6.45, 7) is 0. The molecule has 0 aliphatic heterocycles. The Morgan fingerprint density at radius 1 is 0.739 bits per heavy atom. The van der Waals surface area contributed by atoms with Crippen molar-refractivity contribution < 1.29 is 24.1 Å². The van der Waals surface area contributed by atoms with Crippen LogP contribution in [0.1, 0.15) is 11.1 Å². The monoisotopic (exact) mass is 318 g/mol. The van der Waals surface area contributed by atoms with Gasteiger partial charge in [-0.2, -0.15) is 0 Å². The highest BCUT2D eigenvalue weighted by Crippen LogP contribution is 2.40. The molecule has 0 bridgehead atoms. The van der Waals surface area contributed by atoms with Gasteiger partial charge in [0.1, 0.15) is 0 Å². The fraction of sp³-hybridized carbons (Fsp3) is 0.333. The molecule has 1 N–H and O–H groups in total. The second kappa shape index (κ2) is 7.63. The van der Waals surface area contributed by atoms with Gasteiger partial charge < -0.3 is 24.1 Å². The third-order valence-corrected chi connectivity index (χ3v) is 3.71. The zero-order valence-electron chi connectivity index (χ0n) is 13.9. The van der Waals surface area contributed by atoms with E-state index in [1.165, 1.54) is 7.11 Å². The molecule has 0 amide bonds. The van der Waals surface area contributed by atoms with Crippen molar-refractivity contribution in [2.45, 2.75) is 12.8 Å². The highest BCUT2D eigenvalue weighted by atomic mass is 16.5. The zero-order valence-corrected chi connectivity index (χ0v) is 13.9. The molecule has 0 spiro atoms. The van der Waals surface area contributed by atoms with Gasteiger partial charge >= 0.3 is 0 Å². The van der Waals surface area contributed by atoms with Gasteiger partial charge in [-0.1, -0.05) is 12.1 Å². The van der Waals surface area contributed by atoms with Crippen molar-refractivity contribution in [2.75, 3.05) is 28.4 Å². The molecule has 0 fully saturated rings. The fourth-order valence-electron chi connectivity index (χ4n) is 2.53. The lowest BCUT2D eigenvalue weighted by molar-refractivity contribution is 0.322. The molecule has 0 saturated carbocycles. The first-order chi connectivity index (χ1) is 11.1. The second-order valence-corrected chi connectivity index (χ2v) is 5.00. The topological polar surface area (TPSA) is 57.2 Å². The van der Waals surface area contributed by atoms with Crippen molar-refractivity contribution in [2.24, 2.45) is 0 Å². The molecule has 0 aliphatic rings. The van der Waals surface area contributed by atoms with Crippen molar-refractivity contribution in [3.05, 3.63) is 41.5 Å². The zero-order chi connectivity index (χ0) is 16.8. The molecule has 5 heteroatoms. The molecule has 2 rings (SSSR count). The average Bonchev–Trinajstić information content (AvgIpc) is 2.58. The average molecular weight is 318 g/mol. The van der Waals surface area contributed by atoms with Crippen LogP contribution in [0.15, 0.2) is 30.3 Å². The summed E-state index contributed by atoms with van der Waals surface area (Å²) in [5.74, 6) is 2.51. The number of phenols is 1. The predicted octanol–water partition coefficient (Wildman–Crippen LogP) is 3.21. The van der Waals surface area contributed by atoms with Crippen LogP contribution in [0.2, 0.25) is 0 Å². The molecule has 0 radical (unpaired) electrons. The Morgan fingerprint density at radius 2 is 1.39 bits per heavy atom. The number of methoxy groups -OCH3 is 4. The number of hydrogen-bond acceptors (Lipinski definition) is 5. The Bertz CT molecular complexity index is 667. The minimum Gasteiger partial charge on any atom is -0.504 e. The highest BCUT2D eigenvalue weighted by Gasteiger charge is 2.15. The molecule has 0 unspecified atom stereocenters. The SMILES string of the molecule is COc1ccc(CCc2ccc(OC)c(OC)c2OC)cc1O. The summed E-state index contributed by atoms with van der Waals surface area (Å²) in [7, 11) is 6.33. The van der Waals surface area contributed by atoms with Gasteiger partial charge in [-0.05, 0) is 42.2 Å². The number of phenolic OH excluding ortho intramolecular Hbond substituents is 1. The van der Waals surface area contributed by atoms with Gasteiger partial charge in [0.05, 0.1) is 28.4 Å². The summed E-state index contributed by atoms with van der Waals surface area (Å²) in [6, 6.07) is 9.24. The summed E-state index contributed by atoms with van der Waals surface area (Å²) in [4.78, 5) is 0. The van der Waals surface area contributed by atoms with E-state index in [1.54, 1.807) is 33.5 Å². The molecule has 2 aromatic carbocycles. The van der Waals surface area contributed by atoms with Crippen molar-refractivity contribution >= 4 is 0 Å². The van der Waals surface area contributed by atoms with Crippen LogP contribution in [-0.4, -0.2) is 33.5 Å². The normalized spacial score (nSPS) is 10.3. The van der Waals surface area contributed by atoms with Crippen molar-refractivity contribution in [3.63, 3.8) is 0 Å². The lowest BCUT2D eigenvalue weighted by Crippen LogP contribution is -2.00. The summed E-state index contributed by atoms with van der Waals surface area (Å²) in [5.41, 5.74) is 2.03. The van der Waals surface area contributed by atoms with Crippen LogP contribution in [-0.2, 0) is 12.8 Å². The quantitative estimate of drug-likeness (QED) is 0.849. The summed E-state index contributed by atoms with van der Waals surface area (Å²) < 4.78 is 21.2. The third-order valence-electron chi connectivity index (χ3n) is 3.71. The lowest BCUT2D eigenvalue weighted by Gasteiger charge is -2.15. The number of ether oxygens (including phenoxy) is 4. The number of benzene rings is 2. The van der Waals surface area contributed by atoms with E-state index in [9.17, 15) is 5.11 Å². The molecule has 23 heavy (non-hydrogen) atoms. The Balaban J connectivity index is 2.22. The first kappa shape index (κ1) is 16.8. The van der Waals surface area contributed by atoms with Gasteiger partial charge in [-0.3, -0.25) is 0 Å². The predicted molar refractivity (Wildman–Crippen MR) is 88.2 cm³/mol. The van der Waals surface area contributed by atoms with E-state index < -0.39 is 0 Å². The van der Waals surface area contributed by atoms with E-state index >= 15 is 0 Å². The van der Waals surface area contributed by atoms with Gasteiger partial charge in [-0.25, -0.2) is 0 Å². The lowest BCUT2D eigenvalue weighted by atomic mass is 10.0. The fourth-order valence-corrected chi connectivity index (χ4v) is 2.53. The van der Waals surface area contributed by atoms with Crippen molar-refractivity contribution in [3.8, 4) is 28.7 Å². The van der Waals surface area contributed by atoms with Crippen LogP contribution in [0.25, 0.3) is 0 Å². The molecule has 0 heterocycles. The van der Waals surface area contributed by atoms with Gasteiger partial charge in [0.15, 0.2) is 23.0 Å². The summed E-state index contributed by atoms with van der Waals surface area (Å²) in [5, 5.41) is 9.85. The van der Waals surface area contributed by atoms with E-state index in [2.05, 4.69) is 0 Å². The second-order valence-electron chi connectivity index (χ2n) is 5.00. The van der Waals surface area contributed by atoms with E-state index in [1.807, 2.05) is 18.2 Å². The first-order valence-electron chi connectivity index (χ1n) is 7.28. The molecule has 0 aliphatic carbocycles. The van der Waals surface area contributed by atoms with E-state index in [4.69, 9.17) is 18.9 Å². The molecule has 5 nitrogen and oxygen atoms in total. The molecule has 0 aromatic heterocycles. The minimum atomic E-state index is 0.143. The van der Waals surface area contributed by atoms with E-state index in [0.29, 0.717) is 23.0 Å². The number of aryl methyl sites for hydroxylation is 2.